The van der Waals surface area contributed by atoms with Crippen molar-refractivity contribution in [2.75, 3.05) is 4.90 Å². The summed E-state index contributed by atoms with van der Waals surface area (Å²) in [5.41, 5.74) is 15.4. The second-order valence-corrected chi connectivity index (χ2v) is 15.6. The molecule has 0 saturated carbocycles. The fourth-order valence-corrected chi connectivity index (χ4v) is 9.45. The second kappa shape index (κ2) is 14.3. The van der Waals surface area contributed by atoms with Crippen molar-refractivity contribution in [2.45, 2.75) is 0 Å². The van der Waals surface area contributed by atoms with Gasteiger partial charge in [-0.05, 0) is 93.2 Å². The number of benzene rings is 10. The monoisotopic (exact) mass is 778 g/mol. The van der Waals surface area contributed by atoms with Gasteiger partial charge >= 0.3 is 0 Å². The van der Waals surface area contributed by atoms with Crippen LogP contribution in [0.3, 0.4) is 0 Å². The smallest absolute Gasteiger partial charge is 0.136 e. The molecule has 0 spiro atoms. The van der Waals surface area contributed by atoms with Gasteiger partial charge in [-0.2, -0.15) is 0 Å². The minimum absolute atomic E-state index is 0.876. The highest BCUT2D eigenvalue weighted by Crippen LogP contribution is 2.47. The van der Waals surface area contributed by atoms with Crippen LogP contribution in [0.25, 0.3) is 93.6 Å². The number of nitrogens with zero attached hydrogens (tertiary/aromatic N) is 2. The van der Waals surface area contributed by atoms with E-state index in [-0.39, 0.29) is 0 Å². The van der Waals surface area contributed by atoms with E-state index in [2.05, 4.69) is 234 Å². The lowest BCUT2D eigenvalue weighted by molar-refractivity contribution is 0.669. The average Bonchev–Trinajstić information content (AvgIpc) is 3.88. The van der Waals surface area contributed by atoms with E-state index in [1.165, 1.54) is 49.3 Å². The largest absolute Gasteiger partial charge is 0.456 e. The van der Waals surface area contributed by atoms with Gasteiger partial charge in [-0.15, -0.1) is 0 Å². The Morgan fingerprint density at radius 2 is 0.836 bits per heavy atom. The van der Waals surface area contributed by atoms with Crippen molar-refractivity contribution in [1.82, 2.24) is 4.57 Å². The highest BCUT2D eigenvalue weighted by atomic mass is 16.3. The Morgan fingerprint density at radius 3 is 1.61 bits per heavy atom. The molecule has 0 N–H and O–H groups in total. The molecule has 0 fully saturated rings. The average molecular weight is 779 g/mol. The van der Waals surface area contributed by atoms with Crippen molar-refractivity contribution in [3.63, 3.8) is 0 Å². The van der Waals surface area contributed by atoms with E-state index >= 15 is 0 Å². The molecule has 0 aliphatic heterocycles. The van der Waals surface area contributed by atoms with Crippen LogP contribution in [0.15, 0.2) is 235 Å². The highest BCUT2D eigenvalue weighted by Gasteiger charge is 2.24. The summed E-state index contributed by atoms with van der Waals surface area (Å²) in [6.07, 6.45) is 0. The van der Waals surface area contributed by atoms with Crippen LogP contribution in [0, 0.1) is 0 Å². The molecule has 3 heteroatoms. The maximum Gasteiger partial charge on any atom is 0.136 e. The number of hydrogen-bond acceptors (Lipinski definition) is 2. The Morgan fingerprint density at radius 1 is 0.328 bits per heavy atom. The Labute approximate surface area is 353 Å². The predicted molar refractivity (Wildman–Crippen MR) is 257 cm³/mol. The van der Waals surface area contributed by atoms with E-state index in [0.717, 1.165) is 61.4 Å². The molecular weight excluding hydrogens is 741 g/mol. The summed E-state index contributed by atoms with van der Waals surface area (Å²) in [5.74, 6) is 0. The fourth-order valence-electron chi connectivity index (χ4n) is 9.45. The molecule has 10 aromatic carbocycles. The number of hydrogen-bond donors (Lipinski definition) is 0. The van der Waals surface area contributed by atoms with Crippen molar-refractivity contribution in [3.05, 3.63) is 231 Å². The van der Waals surface area contributed by atoms with Crippen LogP contribution in [-0.2, 0) is 0 Å². The summed E-state index contributed by atoms with van der Waals surface area (Å²) in [4.78, 5) is 2.43. The maximum absolute atomic E-state index is 6.42. The normalized spacial score (nSPS) is 11.6. The third-order valence-electron chi connectivity index (χ3n) is 12.2. The summed E-state index contributed by atoms with van der Waals surface area (Å²) in [6.45, 7) is 0. The molecule has 0 saturated heterocycles. The molecule has 2 aromatic heterocycles. The van der Waals surface area contributed by atoms with Gasteiger partial charge in [0.15, 0.2) is 0 Å². The molecule has 0 aliphatic rings. The van der Waals surface area contributed by atoms with Gasteiger partial charge in [-0.3, -0.25) is 0 Å². The quantitative estimate of drug-likeness (QED) is 0.161. The van der Waals surface area contributed by atoms with Crippen LogP contribution in [0.2, 0.25) is 0 Å². The summed E-state index contributed by atoms with van der Waals surface area (Å²) >= 11 is 0. The third kappa shape index (κ3) is 5.74. The van der Waals surface area contributed by atoms with Crippen LogP contribution >= 0.6 is 0 Å². The first-order valence-corrected chi connectivity index (χ1v) is 20.8. The SMILES string of the molecule is c1ccc(N(c2ccc(-c3ccc(-c4cccc5ccccc45)cc3)cc2)c2ccccc2-n2c3ccccc3c3ccccc32)c(-c2cccc3oc4ccccc4c23)c1. The second-order valence-electron chi connectivity index (χ2n) is 15.6. The van der Waals surface area contributed by atoms with Crippen molar-refractivity contribution in [3.8, 4) is 39.1 Å². The number of para-hydroxylation sites is 6. The first-order valence-electron chi connectivity index (χ1n) is 20.8. The third-order valence-corrected chi connectivity index (χ3v) is 12.2. The molecule has 0 atom stereocenters. The first kappa shape index (κ1) is 34.9. The summed E-state index contributed by atoms with van der Waals surface area (Å²) in [5, 5.41) is 7.20. The van der Waals surface area contributed by atoms with Gasteiger partial charge in [-0.1, -0.05) is 176 Å². The minimum Gasteiger partial charge on any atom is -0.456 e. The maximum atomic E-state index is 6.42. The van der Waals surface area contributed by atoms with Crippen LogP contribution in [-0.4, -0.2) is 4.57 Å². The van der Waals surface area contributed by atoms with Crippen molar-refractivity contribution in [2.24, 2.45) is 0 Å². The predicted octanol–water partition coefficient (Wildman–Crippen LogP) is 16.3. The molecule has 0 radical (unpaired) electrons. The first-order chi connectivity index (χ1) is 30.3. The van der Waals surface area contributed by atoms with Gasteiger partial charge in [0.2, 0.25) is 0 Å². The zero-order valence-corrected chi connectivity index (χ0v) is 33.2. The molecule has 12 rings (SSSR count). The van der Waals surface area contributed by atoms with Crippen molar-refractivity contribution >= 4 is 71.6 Å². The van der Waals surface area contributed by atoms with Gasteiger partial charge in [0.05, 0.1) is 28.1 Å². The number of furan rings is 1. The van der Waals surface area contributed by atoms with E-state index in [4.69, 9.17) is 4.42 Å². The molecule has 286 valence electrons. The Kier molecular flexibility index (Phi) is 8.17. The summed E-state index contributed by atoms with van der Waals surface area (Å²) in [6, 6.07) is 82.9. The Hall–Kier alpha value is -8.14. The van der Waals surface area contributed by atoms with Gasteiger partial charge in [0.25, 0.3) is 0 Å². The molecule has 0 amide bonds. The molecule has 61 heavy (non-hydrogen) atoms. The lowest BCUT2D eigenvalue weighted by Gasteiger charge is -2.30. The number of anilines is 3. The molecule has 3 nitrogen and oxygen atoms in total. The van der Waals surface area contributed by atoms with Crippen molar-refractivity contribution < 1.29 is 4.42 Å². The molecule has 0 aliphatic carbocycles. The molecular formula is C58H38N2O. The van der Waals surface area contributed by atoms with E-state index in [1.54, 1.807) is 0 Å². The Balaban J connectivity index is 1.04. The molecule has 12 aromatic rings. The van der Waals surface area contributed by atoms with Gasteiger partial charge in [-0.25, -0.2) is 0 Å². The summed E-state index contributed by atoms with van der Waals surface area (Å²) < 4.78 is 8.85. The van der Waals surface area contributed by atoms with Crippen LogP contribution in [0.5, 0.6) is 0 Å². The van der Waals surface area contributed by atoms with E-state index in [1.807, 2.05) is 6.07 Å². The minimum atomic E-state index is 0.876. The lowest BCUT2D eigenvalue weighted by atomic mass is 9.95. The standard InChI is InChI=1S/C58H38N2O/c1-2-17-44-41(15-1)16-13-22-45(44)42-33-31-39(32-34-42)40-35-37-43(38-36-40)59(51-24-7-5-20-48(51)49-23-14-30-57-58(49)50-21-6-12-29-56(50)61-57)54-27-10-11-28-55(54)60-52-25-8-3-18-46(52)47-19-4-9-26-53(47)60/h1-38H. The number of fused-ring (bicyclic) bond motifs is 7. The highest BCUT2D eigenvalue weighted by molar-refractivity contribution is 6.14. The van der Waals surface area contributed by atoms with Crippen molar-refractivity contribution in [1.29, 1.82) is 0 Å². The lowest BCUT2D eigenvalue weighted by Crippen LogP contribution is -2.14. The molecule has 0 unspecified atom stereocenters. The van der Waals surface area contributed by atoms with Crippen LogP contribution < -0.4 is 4.90 Å². The zero-order chi connectivity index (χ0) is 40.3. The fraction of sp³-hybridized carbons (Fsp3) is 0. The number of rotatable bonds is 7. The zero-order valence-electron chi connectivity index (χ0n) is 33.2. The Bertz CT molecular complexity index is 3530. The number of aromatic nitrogens is 1. The van der Waals surface area contributed by atoms with Gasteiger partial charge in [0, 0.05) is 32.8 Å². The molecule has 2 heterocycles. The van der Waals surface area contributed by atoms with E-state index < -0.39 is 0 Å². The van der Waals surface area contributed by atoms with Crippen LogP contribution in [0.4, 0.5) is 17.1 Å². The topological polar surface area (TPSA) is 21.3 Å². The van der Waals surface area contributed by atoms with Gasteiger partial charge in [0.1, 0.15) is 11.2 Å². The summed E-state index contributed by atoms with van der Waals surface area (Å²) in [7, 11) is 0. The van der Waals surface area contributed by atoms with E-state index in [9.17, 15) is 0 Å². The molecule has 0 bridgehead atoms. The van der Waals surface area contributed by atoms with Crippen LogP contribution in [0.1, 0.15) is 0 Å². The van der Waals surface area contributed by atoms with Gasteiger partial charge < -0.3 is 13.9 Å². The van der Waals surface area contributed by atoms with E-state index in [0.29, 0.717) is 0 Å².